The van der Waals surface area contributed by atoms with E-state index in [0.29, 0.717) is 36.4 Å². The van der Waals surface area contributed by atoms with Crippen molar-refractivity contribution in [1.82, 2.24) is 4.90 Å². The third-order valence-corrected chi connectivity index (χ3v) is 4.69. The summed E-state index contributed by atoms with van der Waals surface area (Å²) in [5, 5.41) is 2.63. The Hall–Kier alpha value is -3.10. The number of Topliss-reactive ketones (excluding diaryl/α,β-unsaturated/α-hetero) is 1. The molecule has 2 aliphatic rings. The highest BCUT2D eigenvalue weighted by Gasteiger charge is 2.32. The van der Waals surface area contributed by atoms with Crippen LogP contribution in [0.2, 0.25) is 0 Å². The van der Waals surface area contributed by atoms with Crippen molar-refractivity contribution in [3.8, 4) is 5.75 Å². The van der Waals surface area contributed by atoms with Gasteiger partial charge in [-0.2, -0.15) is 0 Å². The molecule has 0 saturated carbocycles. The molecule has 1 N–H and O–H groups in total. The first kappa shape index (κ1) is 21.6. The highest BCUT2D eigenvalue weighted by molar-refractivity contribution is 6.01. The van der Waals surface area contributed by atoms with Gasteiger partial charge in [0.2, 0.25) is 0 Å². The second-order valence-corrected chi connectivity index (χ2v) is 8.34. The van der Waals surface area contributed by atoms with E-state index < -0.39 is 36.0 Å². The number of ether oxygens (including phenoxy) is 3. The van der Waals surface area contributed by atoms with Crippen molar-refractivity contribution in [3.63, 3.8) is 0 Å². The molecule has 1 aromatic carbocycles. The van der Waals surface area contributed by atoms with E-state index in [4.69, 9.17) is 14.2 Å². The van der Waals surface area contributed by atoms with Crippen LogP contribution in [0.5, 0.6) is 5.75 Å². The monoisotopic (exact) mass is 418 g/mol. The Morgan fingerprint density at radius 2 is 2.03 bits per heavy atom. The average molecular weight is 418 g/mol. The quantitative estimate of drug-likeness (QED) is 0.590. The molecule has 0 spiro atoms. The highest BCUT2D eigenvalue weighted by Crippen LogP contribution is 2.28. The number of hydrogen-bond donors (Lipinski definition) is 1. The van der Waals surface area contributed by atoms with Gasteiger partial charge in [0.1, 0.15) is 11.4 Å². The number of nitrogens with one attached hydrogen (secondary N) is 1. The van der Waals surface area contributed by atoms with Crippen LogP contribution in [0.1, 0.15) is 44.0 Å². The number of fused-ring (bicyclic) bond motifs is 1. The van der Waals surface area contributed by atoms with Gasteiger partial charge in [-0.05, 0) is 51.8 Å². The van der Waals surface area contributed by atoms with Crippen LogP contribution in [0.25, 0.3) is 0 Å². The van der Waals surface area contributed by atoms with E-state index in [1.165, 1.54) is 11.0 Å². The predicted molar refractivity (Wildman–Crippen MR) is 106 cm³/mol. The molecule has 1 saturated heterocycles. The smallest absolute Gasteiger partial charge is 0.410 e. The Balaban J connectivity index is 1.53. The zero-order chi connectivity index (χ0) is 21.9. The number of carbonyl (C=O) groups is 4. The molecule has 2 heterocycles. The van der Waals surface area contributed by atoms with Gasteiger partial charge in [-0.3, -0.25) is 14.4 Å². The lowest BCUT2D eigenvalue weighted by Gasteiger charge is -2.33. The molecular formula is C21H26N2O7. The van der Waals surface area contributed by atoms with Crippen molar-refractivity contribution in [2.75, 3.05) is 31.6 Å². The van der Waals surface area contributed by atoms with E-state index >= 15 is 0 Å². The zero-order valence-electron chi connectivity index (χ0n) is 17.4. The van der Waals surface area contributed by atoms with Crippen LogP contribution in [-0.4, -0.2) is 60.6 Å². The van der Waals surface area contributed by atoms with E-state index in [1.54, 1.807) is 32.9 Å². The number of nitrogens with zero attached hydrogens (tertiary/aromatic N) is 1. The molecule has 9 heteroatoms. The van der Waals surface area contributed by atoms with Crippen molar-refractivity contribution >= 4 is 29.4 Å². The minimum Gasteiger partial charge on any atom is -0.482 e. The number of anilines is 1. The zero-order valence-corrected chi connectivity index (χ0v) is 17.4. The van der Waals surface area contributed by atoms with Crippen LogP contribution in [-0.2, 0) is 19.1 Å². The summed E-state index contributed by atoms with van der Waals surface area (Å²) >= 11 is 0. The summed E-state index contributed by atoms with van der Waals surface area (Å²) in [7, 11) is 0. The first-order valence-electron chi connectivity index (χ1n) is 9.87. The number of likely N-dealkylation sites (tertiary alicyclic amines) is 1. The van der Waals surface area contributed by atoms with Crippen molar-refractivity contribution in [1.29, 1.82) is 0 Å². The van der Waals surface area contributed by atoms with Gasteiger partial charge < -0.3 is 24.4 Å². The summed E-state index contributed by atoms with van der Waals surface area (Å²) in [5.74, 6) is -1.25. The molecule has 1 aromatic rings. The summed E-state index contributed by atoms with van der Waals surface area (Å²) in [5.41, 5.74) is 0.0890. The molecule has 2 amide bonds. The number of benzene rings is 1. The van der Waals surface area contributed by atoms with Crippen molar-refractivity contribution in [2.45, 2.75) is 39.2 Å². The summed E-state index contributed by atoms with van der Waals surface area (Å²) in [6, 6.07) is 4.63. The molecule has 0 bridgehead atoms. The summed E-state index contributed by atoms with van der Waals surface area (Å²) in [4.78, 5) is 50.0. The Morgan fingerprint density at radius 1 is 1.27 bits per heavy atom. The van der Waals surface area contributed by atoms with Gasteiger partial charge in [0.05, 0.1) is 11.6 Å². The molecule has 0 aromatic heterocycles. The van der Waals surface area contributed by atoms with Crippen molar-refractivity contribution in [2.24, 2.45) is 5.92 Å². The van der Waals surface area contributed by atoms with Crippen LogP contribution in [0, 0.1) is 5.92 Å². The number of rotatable bonds is 4. The maximum atomic E-state index is 12.4. The fraction of sp³-hybridized carbons (Fsp3) is 0.524. The van der Waals surface area contributed by atoms with Gasteiger partial charge in [0.15, 0.2) is 19.0 Å². The van der Waals surface area contributed by atoms with Gasteiger partial charge in [-0.25, -0.2) is 4.79 Å². The lowest BCUT2D eigenvalue weighted by atomic mass is 9.98. The van der Waals surface area contributed by atoms with Crippen LogP contribution in [0.3, 0.4) is 0 Å². The van der Waals surface area contributed by atoms with Crippen LogP contribution in [0.4, 0.5) is 10.5 Å². The van der Waals surface area contributed by atoms with Gasteiger partial charge >= 0.3 is 12.1 Å². The molecule has 0 aliphatic carbocycles. The predicted octanol–water partition coefficient (Wildman–Crippen LogP) is 2.39. The first-order chi connectivity index (χ1) is 14.1. The minimum absolute atomic E-state index is 0.0698. The molecule has 9 nitrogen and oxygen atoms in total. The highest BCUT2D eigenvalue weighted by atomic mass is 16.6. The molecule has 0 radical (unpaired) electrons. The van der Waals surface area contributed by atoms with Crippen molar-refractivity contribution in [3.05, 3.63) is 23.8 Å². The standard InChI is InChI=1S/C21H26N2O7/c1-21(2,3)30-20(27)23-8-4-5-14(10-23)19(26)29-11-16(24)13-6-7-17-15(9-13)22-18(25)12-28-17/h6-7,9,14H,4-5,8,10-12H2,1-3H3,(H,22,25)/t14-/m0/s1. The third kappa shape index (κ3) is 5.49. The number of piperidine rings is 1. The van der Waals surface area contributed by atoms with Crippen LogP contribution < -0.4 is 10.1 Å². The fourth-order valence-corrected chi connectivity index (χ4v) is 3.26. The van der Waals surface area contributed by atoms with E-state index in [2.05, 4.69) is 5.32 Å². The fourth-order valence-electron chi connectivity index (χ4n) is 3.26. The number of hydrogen-bond acceptors (Lipinski definition) is 7. The molecule has 30 heavy (non-hydrogen) atoms. The normalized spacial score (nSPS) is 18.6. The lowest BCUT2D eigenvalue weighted by molar-refractivity contribution is -0.149. The summed E-state index contributed by atoms with van der Waals surface area (Å²) in [6.45, 7) is 5.57. The molecular weight excluding hydrogens is 392 g/mol. The van der Waals surface area contributed by atoms with E-state index in [9.17, 15) is 19.2 Å². The Bertz CT molecular complexity index is 859. The maximum absolute atomic E-state index is 12.4. The number of ketones is 1. The molecule has 1 atom stereocenters. The Labute approximate surface area is 174 Å². The van der Waals surface area contributed by atoms with E-state index in [1.807, 2.05) is 0 Å². The Morgan fingerprint density at radius 3 is 2.77 bits per heavy atom. The first-order valence-corrected chi connectivity index (χ1v) is 9.87. The summed E-state index contributed by atoms with van der Waals surface area (Å²) < 4.78 is 15.8. The topological polar surface area (TPSA) is 111 Å². The number of amides is 2. The van der Waals surface area contributed by atoms with Gasteiger partial charge in [-0.15, -0.1) is 0 Å². The van der Waals surface area contributed by atoms with E-state index in [-0.39, 0.29) is 19.1 Å². The van der Waals surface area contributed by atoms with Gasteiger partial charge in [0, 0.05) is 18.7 Å². The lowest BCUT2D eigenvalue weighted by Crippen LogP contribution is -2.45. The van der Waals surface area contributed by atoms with Crippen LogP contribution >= 0.6 is 0 Å². The van der Waals surface area contributed by atoms with Crippen LogP contribution in [0.15, 0.2) is 18.2 Å². The molecule has 162 valence electrons. The molecule has 3 rings (SSSR count). The maximum Gasteiger partial charge on any atom is 0.410 e. The number of esters is 1. The second-order valence-electron chi connectivity index (χ2n) is 8.34. The second kappa shape index (κ2) is 8.73. The molecule has 1 fully saturated rings. The number of carbonyl (C=O) groups excluding carboxylic acids is 4. The minimum atomic E-state index is -0.615. The van der Waals surface area contributed by atoms with Crippen molar-refractivity contribution < 1.29 is 33.4 Å². The largest absolute Gasteiger partial charge is 0.482 e. The molecule has 2 aliphatic heterocycles. The molecule has 0 unspecified atom stereocenters. The average Bonchev–Trinajstić information content (AvgIpc) is 2.70. The van der Waals surface area contributed by atoms with Gasteiger partial charge in [-0.1, -0.05) is 0 Å². The third-order valence-electron chi connectivity index (χ3n) is 4.69. The van der Waals surface area contributed by atoms with Gasteiger partial charge in [0.25, 0.3) is 5.91 Å². The SMILES string of the molecule is CC(C)(C)OC(=O)N1CCC[C@H](C(=O)OCC(=O)c2ccc3c(c2)NC(=O)CO3)C1. The summed E-state index contributed by atoms with van der Waals surface area (Å²) in [6.07, 6.45) is 0.765. The van der Waals surface area contributed by atoms with E-state index in [0.717, 1.165) is 0 Å². The Kier molecular flexibility index (Phi) is 6.28.